The number of carbonyl (C=O) groups is 2. The number of nitrogens with zero attached hydrogens (tertiary/aromatic N) is 2. The molecule has 1 aliphatic rings. The first-order chi connectivity index (χ1) is 14.5. The van der Waals surface area contributed by atoms with Crippen molar-refractivity contribution in [2.75, 3.05) is 19.6 Å². The van der Waals surface area contributed by atoms with Gasteiger partial charge in [-0.3, -0.25) is 14.6 Å². The lowest BCUT2D eigenvalue weighted by atomic mass is 9.95. The standard InChI is InChI=1S/C23H27N5O2/c1-15-9-16(2)28-23(30)21(15)14-27-22(29)20-10-19(12-26-13-20)18-5-3-17(4-6-18)11-25-8-7-24/h3-6,9-10,12-13,21,25H,7-8,11,14,24H2,1-2H3,(H,27,29). The van der Waals surface area contributed by atoms with Gasteiger partial charge < -0.3 is 16.4 Å². The average molecular weight is 406 g/mol. The number of nitrogens with one attached hydrogen (secondary N) is 2. The van der Waals surface area contributed by atoms with Crippen LogP contribution in [0.25, 0.3) is 11.1 Å². The number of benzene rings is 1. The summed E-state index contributed by atoms with van der Waals surface area (Å²) < 4.78 is 0. The molecule has 0 radical (unpaired) electrons. The van der Waals surface area contributed by atoms with Gasteiger partial charge in [0.1, 0.15) is 0 Å². The number of rotatable bonds is 8. The van der Waals surface area contributed by atoms with Crippen molar-refractivity contribution in [3.05, 3.63) is 65.5 Å². The van der Waals surface area contributed by atoms with Crippen LogP contribution in [-0.4, -0.2) is 42.1 Å². The zero-order chi connectivity index (χ0) is 21.5. The summed E-state index contributed by atoms with van der Waals surface area (Å²) in [5.74, 6) is -0.909. The molecular weight excluding hydrogens is 378 g/mol. The maximum Gasteiger partial charge on any atom is 0.254 e. The van der Waals surface area contributed by atoms with E-state index in [0.717, 1.165) is 35.4 Å². The van der Waals surface area contributed by atoms with Crippen LogP contribution < -0.4 is 16.4 Å². The third kappa shape index (κ3) is 5.46. The molecule has 0 aliphatic carbocycles. The summed E-state index contributed by atoms with van der Waals surface area (Å²) in [7, 11) is 0. The Bertz CT molecular complexity index is 979. The molecule has 156 valence electrons. The Kier molecular flexibility index (Phi) is 7.21. The molecule has 4 N–H and O–H groups in total. The lowest BCUT2D eigenvalue weighted by Crippen LogP contribution is -2.34. The Hall–Kier alpha value is -3.16. The molecule has 0 saturated heterocycles. The molecule has 1 atom stereocenters. The first-order valence-electron chi connectivity index (χ1n) is 9.98. The van der Waals surface area contributed by atoms with Crippen molar-refractivity contribution in [3.63, 3.8) is 0 Å². The second-order valence-corrected chi connectivity index (χ2v) is 7.37. The summed E-state index contributed by atoms with van der Waals surface area (Å²) >= 11 is 0. The van der Waals surface area contributed by atoms with Gasteiger partial charge in [0.15, 0.2) is 0 Å². The lowest BCUT2D eigenvalue weighted by Gasteiger charge is -2.18. The molecular formula is C23H27N5O2. The van der Waals surface area contributed by atoms with Gasteiger partial charge in [0.25, 0.3) is 11.8 Å². The molecule has 0 bridgehead atoms. The summed E-state index contributed by atoms with van der Waals surface area (Å²) in [6, 6.07) is 9.90. The number of allylic oxidation sites excluding steroid dienone is 1. The van der Waals surface area contributed by atoms with Crippen LogP contribution in [0.2, 0.25) is 0 Å². The van der Waals surface area contributed by atoms with Gasteiger partial charge in [-0.2, -0.15) is 0 Å². The molecule has 0 fully saturated rings. The number of nitrogens with two attached hydrogens (primary N) is 1. The molecule has 2 heterocycles. The Labute approximate surface area is 176 Å². The minimum absolute atomic E-state index is 0.214. The van der Waals surface area contributed by atoms with Crippen LogP contribution in [0.5, 0.6) is 0 Å². The van der Waals surface area contributed by atoms with E-state index in [1.807, 2.05) is 37.3 Å². The topological polar surface area (TPSA) is 109 Å². The van der Waals surface area contributed by atoms with Gasteiger partial charge in [-0.25, -0.2) is 4.99 Å². The molecule has 3 rings (SSSR count). The van der Waals surface area contributed by atoms with Crippen molar-refractivity contribution in [2.45, 2.75) is 20.4 Å². The first kappa shape index (κ1) is 21.5. The van der Waals surface area contributed by atoms with Gasteiger partial charge in [0.2, 0.25) is 0 Å². The Morgan fingerprint density at radius 1 is 1.13 bits per heavy atom. The van der Waals surface area contributed by atoms with E-state index < -0.39 is 5.92 Å². The summed E-state index contributed by atoms with van der Waals surface area (Å²) in [5, 5.41) is 6.09. The average Bonchev–Trinajstić information content (AvgIpc) is 2.73. The summed E-state index contributed by atoms with van der Waals surface area (Å²) in [6.45, 7) is 6.02. The molecule has 0 saturated carbocycles. The normalized spacial score (nSPS) is 16.1. The van der Waals surface area contributed by atoms with Crippen LogP contribution in [0.4, 0.5) is 0 Å². The third-order valence-electron chi connectivity index (χ3n) is 4.98. The van der Waals surface area contributed by atoms with E-state index in [1.165, 1.54) is 6.20 Å². The minimum Gasteiger partial charge on any atom is -0.351 e. The molecule has 2 aromatic rings. The minimum atomic E-state index is -0.422. The second-order valence-electron chi connectivity index (χ2n) is 7.37. The van der Waals surface area contributed by atoms with E-state index in [4.69, 9.17) is 5.73 Å². The Morgan fingerprint density at radius 3 is 2.60 bits per heavy atom. The molecule has 7 heteroatoms. The number of hydrogen-bond acceptors (Lipinski definition) is 5. The van der Waals surface area contributed by atoms with Crippen molar-refractivity contribution in [3.8, 4) is 11.1 Å². The van der Waals surface area contributed by atoms with E-state index in [0.29, 0.717) is 17.8 Å². The Morgan fingerprint density at radius 2 is 1.90 bits per heavy atom. The van der Waals surface area contributed by atoms with Crippen LogP contribution in [0, 0.1) is 5.92 Å². The largest absolute Gasteiger partial charge is 0.351 e. The number of aliphatic imine (C=N–C) groups is 1. The zero-order valence-corrected chi connectivity index (χ0v) is 17.3. The van der Waals surface area contributed by atoms with E-state index in [9.17, 15) is 9.59 Å². The SMILES string of the molecule is CC1=CC(C)=NC(=O)C1CNC(=O)c1cncc(-c2ccc(CNCCN)cc2)c1. The smallest absolute Gasteiger partial charge is 0.254 e. The predicted octanol–water partition coefficient (Wildman–Crippen LogP) is 2.09. The Balaban J connectivity index is 1.64. The fraction of sp³-hybridized carbons (Fsp3) is 0.304. The van der Waals surface area contributed by atoms with Crippen LogP contribution in [0.1, 0.15) is 29.8 Å². The van der Waals surface area contributed by atoms with E-state index in [2.05, 4.69) is 20.6 Å². The number of pyridine rings is 1. The van der Waals surface area contributed by atoms with Crippen molar-refractivity contribution in [2.24, 2.45) is 16.6 Å². The fourth-order valence-corrected chi connectivity index (χ4v) is 3.33. The van der Waals surface area contributed by atoms with E-state index >= 15 is 0 Å². The van der Waals surface area contributed by atoms with Gasteiger partial charge >= 0.3 is 0 Å². The molecule has 1 aromatic heterocycles. The van der Waals surface area contributed by atoms with Crippen molar-refractivity contribution < 1.29 is 9.59 Å². The number of carbonyl (C=O) groups excluding carboxylic acids is 2. The number of aromatic nitrogens is 1. The molecule has 2 amide bonds. The van der Waals surface area contributed by atoms with Gasteiger partial charge in [-0.1, -0.05) is 29.8 Å². The number of hydrogen-bond donors (Lipinski definition) is 3. The maximum atomic E-state index is 12.6. The van der Waals surface area contributed by atoms with Gasteiger partial charge in [0, 0.05) is 49.8 Å². The summed E-state index contributed by atoms with van der Waals surface area (Å²) in [5.41, 5.74) is 10.5. The molecule has 1 aliphatic heterocycles. The van der Waals surface area contributed by atoms with Gasteiger partial charge in [-0.15, -0.1) is 0 Å². The lowest BCUT2D eigenvalue weighted by molar-refractivity contribution is -0.120. The van der Waals surface area contributed by atoms with Crippen LogP contribution in [0.15, 0.2) is 59.4 Å². The highest BCUT2D eigenvalue weighted by Crippen LogP contribution is 2.21. The van der Waals surface area contributed by atoms with E-state index in [-0.39, 0.29) is 18.4 Å². The molecule has 1 aromatic carbocycles. The van der Waals surface area contributed by atoms with Gasteiger partial charge in [0.05, 0.1) is 11.5 Å². The maximum absolute atomic E-state index is 12.6. The highest BCUT2D eigenvalue weighted by molar-refractivity contribution is 6.06. The summed E-state index contributed by atoms with van der Waals surface area (Å²) in [4.78, 5) is 32.9. The van der Waals surface area contributed by atoms with Crippen LogP contribution in [-0.2, 0) is 11.3 Å². The molecule has 7 nitrogen and oxygen atoms in total. The quantitative estimate of drug-likeness (QED) is 0.583. The monoisotopic (exact) mass is 405 g/mol. The second kappa shape index (κ2) is 10.0. The molecule has 0 spiro atoms. The predicted molar refractivity (Wildman–Crippen MR) is 118 cm³/mol. The third-order valence-corrected chi connectivity index (χ3v) is 4.98. The van der Waals surface area contributed by atoms with E-state index in [1.54, 1.807) is 19.2 Å². The van der Waals surface area contributed by atoms with Gasteiger partial charge in [-0.05, 0) is 37.1 Å². The zero-order valence-electron chi connectivity index (χ0n) is 17.3. The molecule has 30 heavy (non-hydrogen) atoms. The van der Waals surface area contributed by atoms with Crippen molar-refractivity contribution in [1.82, 2.24) is 15.6 Å². The first-order valence-corrected chi connectivity index (χ1v) is 9.98. The van der Waals surface area contributed by atoms with Crippen LogP contribution in [0.3, 0.4) is 0 Å². The van der Waals surface area contributed by atoms with Crippen LogP contribution >= 0.6 is 0 Å². The van der Waals surface area contributed by atoms with Crippen molar-refractivity contribution in [1.29, 1.82) is 0 Å². The molecule has 1 unspecified atom stereocenters. The highest BCUT2D eigenvalue weighted by atomic mass is 16.2. The fourth-order valence-electron chi connectivity index (χ4n) is 3.33. The summed E-state index contributed by atoms with van der Waals surface area (Å²) in [6.07, 6.45) is 5.13. The number of dihydropyridines is 1. The number of amides is 2. The highest BCUT2D eigenvalue weighted by Gasteiger charge is 2.24. The van der Waals surface area contributed by atoms with Crippen molar-refractivity contribution >= 4 is 17.5 Å².